The highest BCUT2D eigenvalue weighted by Gasteiger charge is 2.24. The second kappa shape index (κ2) is 9.27. The average molecular weight is 433 g/mol. The third kappa shape index (κ3) is 3.96. The Bertz CT molecular complexity index is 1230. The molecule has 3 heterocycles. The minimum atomic E-state index is 0.612. The average Bonchev–Trinajstić information content (AvgIpc) is 3.07. The molecular formula is C26H32N4O2. The monoisotopic (exact) mass is 432 g/mol. The van der Waals surface area contributed by atoms with Gasteiger partial charge in [-0.15, -0.1) is 0 Å². The van der Waals surface area contributed by atoms with Crippen molar-refractivity contribution in [3.63, 3.8) is 0 Å². The fourth-order valence-electron chi connectivity index (χ4n) is 4.68. The second-order valence-corrected chi connectivity index (χ2v) is 8.37. The number of aryl methyl sites for hydroxylation is 4. The molecule has 0 radical (unpaired) electrons. The van der Waals surface area contributed by atoms with Gasteiger partial charge >= 0.3 is 0 Å². The molecule has 0 spiro atoms. The lowest BCUT2D eigenvalue weighted by Crippen LogP contribution is -2.32. The van der Waals surface area contributed by atoms with Crippen LogP contribution in [0, 0.1) is 27.7 Å². The van der Waals surface area contributed by atoms with E-state index in [0.29, 0.717) is 13.2 Å². The zero-order chi connectivity index (χ0) is 22.8. The van der Waals surface area contributed by atoms with Gasteiger partial charge in [-0.2, -0.15) is 0 Å². The van der Waals surface area contributed by atoms with E-state index in [-0.39, 0.29) is 0 Å². The highest BCUT2D eigenvalue weighted by Crippen LogP contribution is 2.40. The maximum atomic E-state index is 5.39. The fraction of sp³-hybridized carbons (Fsp3) is 0.385. The van der Waals surface area contributed by atoms with Gasteiger partial charge in [0.05, 0.1) is 18.7 Å². The second-order valence-electron chi connectivity index (χ2n) is 8.37. The van der Waals surface area contributed by atoms with E-state index in [1.807, 2.05) is 6.92 Å². The number of ether oxygens (including phenoxy) is 2. The molecule has 0 unspecified atom stereocenters. The largest absolute Gasteiger partial charge is 0.383 e. The minimum absolute atomic E-state index is 0.612. The summed E-state index contributed by atoms with van der Waals surface area (Å²) in [6.45, 7) is 11.2. The van der Waals surface area contributed by atoms with Gasteiger partial charge < -0.3 is 18.8 Å². The standard InChI is InChI=1S/C26H32N4O2/c1-17-15-18(2)22(19(3)16-17)23-21-9-7-8-10-30(21)25-24(23)27-20(4)28-26(25)29(11-13-31-5)12-14-32-6/h7-10,15-16H,11-14H2,1-6H3. The van der Waals surface area contributed by atoms with Crippen molar-refractivity contribution in [2.24, 2.45) is 0 Å². The van der Waals surface area contributed by atoms with Crippen LogP contribution in [0.1, 0.15) is 22.5 Å². The summed E-state index contributed by atoms with van der Waals surface area (Å²) < 4.78 is 13.0. The zero-order valence-corrected chi connectivity index (χ0v) is 19.9. The molecule has 1 aromatic carbocycles. The van der Waals surface area contributed by atoms with Crippen LogP contribution >= 0.6 is 0 Å². The summed E-state index contributed by atoms with van der Waals surface area (Å²) in [5, 5.41) is 0. The van der Waals surface area contributed by atoms with Crippen LogP contribution in [0.2, 0.25) is 0 Å². The first-order valence-corrected chi connectivity index (χ1v) is 11.0. The summed E-state index contributed by atoms with van der Waals surface area (Å²) in [5.74, 6) is 1.67. The van der Waals surface area contributed by atoms with Gasteiger partial charge in [-0.1, -0.05) is 23.8 Å². The van der Waals surface area contributed by atoms with Crippen molar-refractivity contribution in [3.8, 4) is 11.1 Å². The molecule has 0 aliphatic carbocycles. The van der Waals surface area contributed by atoms with Crippen LogP contribution in [-0.4, -0.2) is 54.9 Å². The van der Waals surface area contributed by atoms with E-state index in [1.54, 1.807) is 14.2 Å². The molecule has 0 saturated heterocycles. The molecule has 0 fully saturated rings. The third-order valence-electron chi connectivity index (χ3n) is 5.93. The molecular weight excluding hydrogens is 400 g/mol. The van der Waals surface area contributed by atoms with Crippen LogP contribution < -0.4 is 4.90 Å². The number of methoxy groups -OCH3 is 2. The van der Waals surface area contributed by atoms with Crippen molar-refractivity contribution in [1.29, 1.82) is 0 Å². The van der Waals surface area contributed by atoms with Gasteiger partial charge in [0.25, 0.3) is 0 Å². The van der Waals surface area contributed by atoms with E-state index in [1.165, 1.54) is 27.8 Å². The number of fused-ring (bicyclic) bond motifs is 3. The van der Waals surface area contributed by atoms with E-state index in [9.17, 15) is 0 Å². The Labute approximate surface area is 189 Å². The molecule has 0 bridgehead atoms. The normalized spacial score (nSPS) is 11.6. The topological polar surface area (TPSA) is 51.9 Å². The van der Waals surface area contributed by atoms with Crippen molar-refractivity contribution in [3.05, 3.63) is 59.0 Å². The van der Waals surface area contributed by atoms with Gasteiger partial charge in [0, 0.05) is 39.1 Å². The first kappa shape index (κ1) is 22.2. The minimum Gasteiger partial charge on any atom is -0.383 e. The van der Waals surface area contributed by atoms with Crippen LogP contribution in [-0.2, 0) is 9.47 Å². The Morgan fingerprint density at radius 3 is 2.16 bits per heavy atom. The summed E-state index contributed by atoms with van der Waals surface area (Å²) in [7, 11) is 3.45. The Morgan fingerprint density at radius 1 is 0.875 bits per heavy atom. The number of aromatic nitrogens is 3. The van der Waals surface area contributed by atoms with Gasteiger partial charge in [-0.05, 0) is 56.5 Å². The van der Waals surface area contributed by atoms with Crippen LogP contribution in [0.3, 0.4) is 0 Å². The summed E-state index contributed by atoms with van der Waals surface area (Å²) in [5.41, 5.74) is 9.34. The number of nitrogens with zero attached hydrogens (tertiary/aromatic N) is 4. The summed E-state index contributed by atoms with van der Waals surface area (Å²) in [6, 6.07) is 10.8. The predicted octanol–water partition coefficient (Wildman–Crippen LogP) is 4.88. The van der Waals surface area contributed by atoms with Crippen LogP contribution in [0.25, 0.3) is 27.7 Å². The SMILES string of the molecule is COCCN(CCOC)c1nc(C)nc2c(-c3c(C)cc(C)cc3C)c3ccccn3c12. The molecule has 0 aliphatic rings. The van der Waals surface area contributed by atoms with E-state index >= 15 is 0 Å². The van der Waals surface area contributed by atoms with Crippen LogP contribution in [0.15, 0.2) is 36.5 Å². The number of pyridine rings is 1. The lowest BCUT2D eigenvalue weighted by atomic mass is 9.93. The van der Waals surface area contributed by atoms with Crippen molar-refractivity contribution < 1.29 is 9.47 Å². The number of hydrogen-bond acceptors (Lipinski definition) is 5. The summed E-state index contributed by atoms with van der Waals surface area (Å²) in [6.07, 6.45) is 2.10. The molecule has 6 nitrogen and oxygen atoms in total. The van der Waals surface area contributed by atoms with E-state index in [0.717, 1.165) is 41.3 Å². The molecule has 0 atom stereocenters. The molecule has 6 heteroatoms. The Balaban J connectivity index is 2.08. The number of anilines is 1. The third-order valence-corrected chi connectivity index (χ3v) is 5.93. The first-order valence-electron chi connectivity index (χ1n) is 11.0. The number of rotatable bonds is 8. The smallest absolute Gasteiger partial charge is 0.157 e. The Kier molecular flexibility index (Phi) is 6.44. The van der Waals surface area contributed by atoms with Crippen molar-refractivity contribution >= 4 is 22.4 Å². The zero-order valence-electron chi connectivity index (χ0n) is 19.9. The van der Waals surface area contributed by atoms with Gasteiger partial charge in [0.2, 0.25) is 0 Å². The quantitative estimate of drug-likeness (QED) is 0.397. The van der Waals surface area contributed by atoms with Crippen molar-refractivity contribution in [1.82, 2.24) is 14.4 Å². The predicted molar refractivity (Wildman–Crippen MR) is 131 cm³/mol. The maximum Gasteiger partial charge on any atom is 0.157 e. The van der Waals surface area contributed by atoms with Crippen LogP contribution in [0.5, 0.6) is 0 Å². The lowest BCUT2D eigenvalue weighted by Gasteiger charge is -2.24. The van der Waals surface area contributed by atoms with Gasteiger partial charge in [0.1, 0.15) is 16.9 Å². The van der Waals surface area contributed by atoms with Crippen molar-refractivity contribution in [2.75, 3.05) is 45.4 Å². The van der Waals surface area contributed by atoms with Gasteiger partial charge in [0.15, 0.2) is 5.82 Å². The molecule has 0 aliphatic heterocycles. The molecule has 0 saturated carbocycles. The molecule has 32 heavy (non-hydrogen) atoms. The van der Waals surface area contributed by atoms with Gasteiger partial charge in [-0.25, -0.2) is 9.97 Å². The molecule has 4 rings (SSSR count). The van der Waals surface area contributed by atoms with Gasteiger partial charge in [-0.3, -0.25) is 0 Å². The van der Waals surface area contributed by atoms with Crippen LogP contribution in [0.4, 0.5) is 5.82 Å². The number of hydrogen-bond donors (Lipinski definition) is 0. The Hall–Kier alpha value is -2.96. The number of benzene rings is 1. The molecule has 3 aromatic heterocycles. The Morgan fingerprint density at radius 2 is 1.53 bits per heavy atom. The first-order chi connectivity index (χ1) is 15.5. The molecule has 0 N–H and O–H groups in total. The molecule has 4 aromatic rings. The van der Waals surface area contributed by atoms with Crippen molar-refractivity contribution in [2.45, 2.75) is 27.7 Å². The van der Waals surface area contributed by atoms with E-state index in [2.05, 4.69) is 66.6 Å². The van der Waals surface area contributed by atoms with E-state index in [4.69, 9.17) is 19.4 Å². The highest BCUT2D eigenvalue weighted by atomic mass is 16.5. The molecule has 168 valence electrons. The summed E-state index contributed by atoms with van der Waals surface area (Å²) >= 11 is 0. The lowest BCUT2D eigenvalue weighted by molar-refractivity contribution is 0.190. The highest BCUT2D eigenvalue weighted by molar-refractivity contribution is 6.08. The fourth-order valence-corrected chi connectivity index (χ4v) is 4.68. The summed E-state index contributed by atoms with van der Waals surface area (Å²) in [4.78, 5) is 12.1. The van der Waals surface area contributed by atoms with E-state index < -0.39 is 0 Å². The maximum absolute atomic E-state index is 5.39. The molecule has 0 amide bonds.